The second kappa shape index (κ2) is 7.46. The van der Waals surface area contributed by atoms with Crippen molar-refractivity contribution in [1.29, 1.82) is 0 Å². The molecule has 1 N–H and O–H groups in total. The maximum absolute atomic E-state index is 13.2. The number of nitrogens with one attached hydrogen (secondary N) is 1. The molecule has 0 aromatic heterocycles. The van der Waals surface area contributed by atoms with Gasteiger partial charge in [0.15, 0.2) is 5.78 Å². The predicted octanol–water partition coefficient (Wildman–Crippen LogP) is 4.25. The molecule has 0 spiro atoms. The van der Waals surface area contributed by atoms with Crippen LogP contribution in [0.4, 0.5) is 0 Å². The van der Waals surface area contributed by atoms with Crippen LogP contribution in [0.15, 0.2) is 46.8 Å². The molecule has 1 aliphatic carbocycles. The van der Waals surface area contributed by atoms with E-state index in [1.54, 1.807) is 7.11 Å². The summed E-state index contributed by atoms with van der Waals surface area (Å²) in [6, 6.07) is 7.57. The van der Waals surface area contributed by atoms with Crippen LogP contribution in [0.5, 0.6) is 5.75 Å². The summed E-state index contributed by atoms with van der Waals surface area (Å²) < 4.78 is 10.9. The molecule has 5 nitrogen and oxygen atoms in total. The van der Waals surface area contributed by atoms with Crippen LogP contribution in [0.1, 0.15) is 58.9 Å². The first-order valence-electron chi connectivity index (χ1n) is 9.72. The molecule has 1 aromatic rings. The van der Waals surface area contributed by atoms with E-state index in [1.165, 1.54) is 0 Å². The third-order valence-electron chi connectivity index (χ3n) is 5.23. The van der Waals surface area contributed by atoms with E-state index in [0.29, 0.717) is 23.3 Å². The molecular weight excluding hydrogens is 354 g/mol. The van der Waals surface area contributed by atoms with Gasteiger partial charge in [-0.1, -0.05) is 26.0 Å². The smallest absolute Gasteiger partial charge is 0.337 e. The van der Waals surface area contributed by atoms with Gasteiger partial charge in [0.05, 0.1) is 18.8 Å². The number of esters is 1. The highest BCUT2D eigenvalue weighted by atomic mass is 16.5. The normalized spacial score (nSPS) is 21.4. The fourth-order valence-electron chi connectivity index (χ4n) is 4.14. The number of carbonyl (C=O) groups excluding carboxylic acids is 2. The molecule has 0 saturated carbocycles. The Morgan fingerprint density at radius 2 is 1.96 bits per heavy atom. The summed E-state index contributed by atoms with van der Waals surface area (Å²) in [5.41, 5.74) is 3.56. The minimum Gasteiger partial charge on any atom is -0.497 e. The summed E-state index contributed by atoms with van der Waals surface area (Å²) in [5, 5.41) is 3.34. The van der Waals surface area contributed by atoms with Crippen molar-refractivity contribution in [2.75, 3.05) is 7.11 Å². The maximum atomic E-state index is 13.2. The predicted molar refractivity (Wildman–Crippen MR) is 108 cm³/mol. The van der Waals surface area contributed by atoms with Gasteiger partial charge in [-0.25, -0.2) is 4.79 Å². The van der Waals surface area contributed by atoms with Crippen LogP contribution in [-0.2, 0) is 14.3 Å². The molecule has 1 aromatic carbocycles. The Hall–Kier alpha value is -2.56. The van der Waals surface area contributed by atoms with E-state index in [4.69, 9.17) is 9.47 Å². The molecule has 0 unspecified atom stereocenters. The van der Waals surface area contributed by atoms with Gasteiger partial charge < -0.3 is 14.8 Å². The third-order valence-corrected chi connectivity index (χ3v) is 5.23. The van der Waals surface area contributed by atoms with Gasteiger partial charge in [0.2, 0.25) is 0 Å². The molecule has 0 amide bonds. The monoisotopic (exact) mass is 383 g/mol. The molecule has 150 valence electrons. The van der Waals surface area contributed by atoms with Crippen LogP contribution in [0.2, 0.25) is 0 Å². The van der Waals surface area contributed by atoms with E-state index in [2.05, 4.69) is 19.2 Å². The van der Waals surface area contributed by atoms with Crippen LogP contribution in [0, 0.1) is 5.41 Å². The summed E-state index contributed by atoms with van der Waals surface area (Å²) in [7, 11) is 1.61. The number of rotatable bonds is 4. The highest BCUT2D eigenvalue weighted by molar-refractivity contribution is 6.04. The molecule has 0 fully saturated rings. The van der Waals surface area contributed by atoms with E-state index < -0.39 is 11.9 Å². The number of hydrogen-bond acceptors (Lipinski definition) is 5. The lowest BCUT2D eigenvalue weighted by Crippen LogP contribution is -2.39. The fourth-order valence-corrected chi connectivity index (χ4v) is 4.14. The van der Waals surface area contributed by atoms with Gasteiger partial charge in [0, 0.05) is 29.3 Å². The van der Waals surface area contributed by atoms with Crippen LogP contribution >= 0.6 is 0 Å². The second-order valence-electron chi connectivity index (χ2n) is 8.66. The van der Waals surface area contributed by atoms with Crippen molar-refractivity contribution in [3.63, 3.8) is 0 Å². The second-order valence-corrected chi connectivity index (χ2v) is 8.66. The van der Waals surface area contributed by atoms with Crippen molar-refractivity contribution >= 4 is 11.8 Å². The first-order valence-corrected chi connectivity index (χ1v) is 9.72. The number of carbonyl (C=O) groups is 2. The van der Waals surface area contributed by atoms with Gasteiger partial charge in [-0.15, -0.1) is 0 Å². The first-order chi connectivity index (χ1) is 13.1. The average Bonchev–Trinajstić information content (AvgIpc) is 2.58. The Kier molecular flexibility index (Phi) is 5.37. The molecule has 5 heteroatoms. The summed E-state index contributed by atoms with van der Waals surface area (Å²) in [6.07, 6.45) is 0.980. The van der Waals surface area contributed by atoms with Gasteiger partial charge >= 0.3 is 5.97 Å². The number of dihydropyridines is 1. The van der Waals surface area contributed by atoms with Crippen LogP contribution < -0.4 is 10.1 Å². The zero-order valence-electron chi connectivity index (χ0n) is 17.5. The summed E-state index contributed by atoms with van der Waals surface area (Å²) in [6.45, 7) is 9.71. The Balaban J connectivity index is 2.17. The lowest BCUT2D eigenvalue weighted by atomic mass is 9.68. The lowest BCUT2D eigenvalue weighted by Gasteiger charge is -2.39. The lowest BCUT2D eigenvalue weighted by molar-refractivity contribution is -0.143. The van der Waals surface area contributed by atoms with Crippen molar-refractivity contribution in [2.45, 2.75) is 59.5 Å². The number of Topliss-reactive ketones (excluding diaryl/α,β-unsaturated/α-hetero) is 1. The molecular formula is C23H29NO4. The van der Waals surface area contributed by atoms with Gasteiger partial charge in [-0.2, -0.15) is 0 Å². The van der Waals surface area contributed by atoms with Gasteiger partial charge in [-0.05, 0) is 50.3 Å². The van der Waals surface area contributed by atoms with E-state index in [-0.39, 0.29) is 17.3 Å². The van der Waals surface area contributed by atoms with E-state index in [9.17, 15) is 9.59 Å². The van der Waals surface area contributed by atoms with E-state index >= 15 is 0 Å². The molecule has 1 atom stereocenters. The van der Waals surface area contributed by atoms with Crippen molar-refractivity contribution in [3.05, 3.63) is 52.4 Å². The number of ketones is 1. The van der Waals surface area contributed by atoms with Gasteiger partial charge in [0.1, 0.15) is 5.75 Å². The zero-order valence-corrected chi connectivity index (χ0v) is 17.5. The minimum absolute atomic E-state index is 0.0777. The Morgan fingerprint density at radius 3 is 2.61 bits per heavy atom. The number of benzene rings is 1. The molecule has 1 heterocycles. The summed E-state index contributed by atoms with van der Waals surface area (Å²) >= 11 is 0. The minimum atomic E-state index is -0.457. The molecule has 2 aliphatic rings. The SMILES string of the molecule is COc1cccc([C@H]2C(C(=O)OC(C)C)=C(C)NC3=C2C(=O)CC(C)(C)C3)c1. The Bertz CT molecular complexity index is 876. The molecule has 3 rings (SSSR count). The maximum Gasteiger partial charge on any atom is 0.337 e. The standard InChI is InChI=1S/C23H29NO4/c1-13(2)28-22(26)19-14(3)24-17-11-23(4,5)12-18(25)21(17)20(19)15-8-7-9-16(10-15)27-6/h7-10,13,20,24H,11-12H2,1-6H3/t20-/m0/s1. The summed E-state index contributed by atoms with van der Waals surface area (Å²) in [4.78, 5) is 26.2. The van der Waals surface area contributed by atoms with Crippen molar-refractivity contribution in [1.82, 2.24) is 5.32 Å². The first kappa shape index (κ1) is 20.2. The Morgan fingerprint density at radius 1 is 1.25 bits per heavy atom. The van der Waals surface area contributed by atoms with E-state index in [1.807, 2.05) is 45.0 Å². The topological polar surface area (TPSA) is 64.6 Å². The van der Waals surface area contributed by atoms with Crippen molar-refractivity contribution in [3.8, 4) is 5.75 Å². The largest absolute Gasteiger partial charge is 0.497 e. The van der Waals surface area contributed by atoms with E-state index in [0.717, 1.165) is 23.4 Å². The quantitative estimate of drug-likeness (QED) is 0.788. The molecule has 0 saturated heterocycles. The van der Waals surface area contributed by atoms with Crippen LogP contribution in [0.3, 0.4) is 0 Å². The number of methoxy groups -OCH3 is 1. The number of ether oxygens (including phenoxy) is 2. The number of allylic oxidation sites excluding steroid dienone is 3. The molecule has 0 bridgehead atoms. The highest BCUT2D eigenvalue weighted by Crippen LogP contribution is 2.47. The highest BCUT2D eigenvalue weighted by Gasteiger charge is 2.43. The molecule has 1 aliphatic heterocycles. The Labute approximate surface area is 166 Å². The van der Waals surface area contributed by atoms with Crippen molar-refractivity contribution in [2.24, 2.45) is 5.41 Å². The van der Waals surface area contributed by atoms with Crippen LogP contribution in [0.25, 0.3) is 0 Å². The van der Waals surface area contributed by atoms with Crippen LogP contribution in [-0.4, -0.2) is 25.0 Å². The molecule has 28 heavy (non-hydrogen) atoms. The summed E-state index contributed by atoms with van der Waals surface area (Å²) in [5.74, 6) is -0.0804. The van der Waals surface area contributed by atoms with Gasteiger partial charge in [-0.3, -0.25) is 4.79 Å². The number of hydrogen-bond donors (Lipinski definition) is 1. The third kappa shape index (κ3) is 3.84. The molecule has 0 radical (unpaired) electrons. The fraction of sp³-hybridized carbons (Fsp3) is 0.478. The van der Waals surface area contributed by atoms with Crippen molar-refractivity contribution < 1.29 is 19.1 Å². The van der Waals surface area contributed by atoms with Gasteiger partial charge in [0.25, 0.3) is 0 Å². The average molecular weight is 383 g/mol. The zero-order chi connectivity index (χ0) is 20.6.